The van der Waals surface area contributed by atoms with Crippen molar-refractivity contribution < 1.29 is 0 Å². The van der Waals surface area contributed by atoms with Gasteiger partial charge >= 0.3 is 0 Å². The first kappa shape index (κ1) is 16.2. The molecule has 0 radical (unpaired) electrons. The summed E-state index contributed by atoms with van der Waals surface area (Å²) in [4.78, 5) is 3.81. The van der Waals surface area contributed by atoms with Crippen LogP contribution in [0.4, 0.5) is 0 Å². The summed E-state index contributed by atoms with van der Waals surface area (Å²) in [5.41, 5.74) is 2.84. The fraction of sp³-hybridized carbons (Fsp3) is 0.444. The summed E-state index contributed by atoms with van der Waals surface area (Å²) in [6, 6.07) is 13.1. The third kappa shape index (κ3) is 5.62. The molecule has 2 rings (SSSR count). The molecule has 0 bridgehead atoms. The largest absolute Gasteiger partial charge is 0.312 e. The summed E-state index contributed by atoms with van der Waals surface area (Å²) in [5, 5.41) is 5.69. The van der Waals surface area contributed by atoms with Crippen LogP contribution in [0.3, 0.4) is 0 Å². The van der Waals surface area contributed by atoms with Crippen LogP contribution in [0.5, 0.6) is 0 Å². The highest BCUT2D eigenvalue weighted by Crippen LogP contribution is 2.15. The van der Waals surface area contributed by atoms with Crippen molar-refractivity contribution in [3.63, 3.8) is 0 Å². The molecule has 1 aromatic heterocycles. The van der Waals surface area contributed by atoms with Gasteiger partial charge in [-0.15, -0.1) is 11.3 Å². The highest BCUT2D eigenvalue weighted by atomic mass is 32.1. The fourth-order valence-corrected chi connectivity index (χ4v) is 3.18. The Kier molecular flexibility index (Phi) is 6.43. The Bertz CT molecular complexity index is 520. The van der Waals surface area contributed by atoms with Crippen LogP contribution in [0.15, 0.2) is 41.8 Å². The van der Waals surface area contributed by atoms with Crippen molar-refractivity contribution in [3.8, 4) is 0 Å². The summed E-state index contributed by atoms with van der Waals surface area (Å²) in [6.07, 6.45) is 0. The topological polar surface area (TPSA) is 15.3 Å². The molecule has 0 unspecified atom stereocenters. The van der Waals surface area contributed by atoms with Crippen LogP contribution in [0, 0.1) is 5.92 Å². The van der Waals surface area contributed by atoms with E-state index >= 15 is 0 Å². The Hall–Kier alpha value is -1.16. The maximum absolute atomic E-state index is 3.54. The van der Waals surface area contributed by atoms with Crippen LogP contribution in [0.1, 0.15) is 29.9 Å². The summed E-state index contributed by atoms with van der Waals surface area (Å²) < 4.78 is 0. The number of hydrogen-bond acceptors (Lipinski definition) is 3. The van der Waals surface area contributed by atoms with E-state index in [0.29, 0.717) is 5.92 Å². The summed E-state index contributed by atoms with van der Waals surface area (Å²) in [7, 11) is 2.19. The van der Waals surface area contributed by atoms with E-state index < -0.39 is 0 Å². The molecule has 1 N–H and O–H groups in total. The zero-order chi connectivity index (χ0) is 15.1. The van der Waals surface area contributed by atoms with Crippen molar-refractivity contribution in [1.29, 1.82) is 0 Å². The zero-order valence-corrected chi connectivity index (χ0v) is 14.1. The van der Waals surface area contributed by atoms with Crippen LogP contribution >= 0.6 is 11.3 Å². The second-order valence-corrected chi connectivity index (χ2v) is 7.08. The average molecular weight is 302 g/mol. The van der Waals surface area contributed by atoms with Crippen molar-refractivity contribution in [3.05, 3.63) is 57.8 Å². The Labute approximate surface area is 132 Å². The minimum Gasteiger partial charge on any atom is -0.312 e. The van der Waals surface area contributed by atoms with Gasteiger partial charge in [0.25, 0.3) is 0 Å². The van der Waals surface area contributed by atoms with Gasteiger partial charge in [-0.2, -0.15) is 0 Å². The van der Waals surface area contributed by atoms with Gasteiger partial charge in [0, 0.05) is 24.5 Å². The molecule has 0 aliphatic rings. The molecule has 0 saturated heterocycles. The first-order valence-electron chi connectivity index (χ1n) is 7.63. The number of rotatable bonds is 8. The van der Waals surface area contributed by atoms with Crippen LogP contribution in [-0.2, 0) is 19.6 Å². The van der Waals surface area contributed by atoms with Crippen molar-refractivity contribution in [1.82, 2.24) is 10.2 Å². The summed E-state index contributed by atoms with van der Waals surface area (Å²) >= 11 is 1.83. The van der Waals surface area contributed by atoms with Crippen LogP contribution in [0.2, 0.25) is 0 Å². The van der Waals surface area contributed by atoms with Gasteiger partial charge in [-0.25, -0.2) is 0 Å². The maximum atomic E-state index is 3.54. The molecule has 0 aliphatic carbocycles. The molecule has 0 saturated carbocycles. The number of thiophene rings is 1. The van der Waals surface area contributed by atoms with E-state index in [1.54, 1.807) is 0 Å². The van der Waals surface area contributed by atoms with Crippen molar-refractivity contribution in [2.45, 2.75) is 33.5 Å². The second-order valence-electron chi connectivity index (χ2n) is 6.05. The standard InChI is InChI=1S/C18H26N2S/c1-15(2)11-19-12-16-7-4-5-8-17(16)13-20(3)14-18-9-6-10-21-18/h4-10,15,19H,11-14H2,1-3H3. The average Bonchev–Trinajstić information content (AvgIpc) is 2.93. The molecule has 0 fully saturated rings. The van der Waals surface area contributed by atoms with Gasteiger partial charge in [0.15, 0.2) is 0 Å². The Morgan fingerprint density at radius 3 is 2.48 bits per heavy atom. The predicted molar refractivity (Wildman–Crippen MR) is 92.5 cm³/mol. The molecule has 2 nitrogen and oxygen atoms in total. The fourth-order valence-electron chi connectivity index (χ4n) is 2.39. The molecule has 2 aromatic rings. The van der Waals surface area contributed by atoms with E-state index in [1.807, 2.05) is 11.3 Å². The lowest BCUT2D eigenvalue weighted by Crippen LogP contribution is -2.22. The van der Waals surface area contributed by atoms with Gasteiger partial charge in [-0.1, -0.05) is 44.2 Å². The number of nitrogens with zero attached hydrogens (tertiary/aromatic N) is 1. The highest BCUT2D eigenvalue weighted by Gasteiger charge is 2.06. The molecule has 21 heavy (non-hydrogen) atoms. The minimum atomic E-state index is 0.693. The normalized spacial score (nSPS) is 11.5. The molecule has 1 aromatic carbocycles. The van der Waals surface area contributed by atoms with E-state index in [0.717, 1.165) is 26.2 Å². The smallest absolute Gasteiger partial charge is 0.0328 e. The lowest BCUT2D eigenvalue weighted by molar-refractivity contribution is 0.320. The Balaban J connectivity index is 1.92. The van der Waals surface area contributed by atoms with Crippen LogP contribution in [0.25, 0.3) is 0 Å². The van der Waals surface area contributed by atoms with Crippen molar-refractivity contribution >= 4 is 11.3 Å². The quantitative estimate of drug-likeness (QED) is 0.789. The van der Waals surface area contributed by atoms with Gasteiger partial charge < -0.3 is 5.32 Å². The molecule has 0 spiro atoms. The van der Waals surface area contributed by atoms with Crippen molar-refractivity contribution in [2.75, 3.05) is 13.6 Å². The van der Waals surface area contributed by atoms with Gasteiger partial charge in [0.1, 0.15) is 0 Å². The van der Waals surface area contributed by atoms with Gasteiger partial charge in [-0.3, -0.25) is 4.90 Å². The molecule has 0 amide bonds. The molecule has 0 atom stereocenters. The predicted octanol–water partition coefficient (Wildman–Crippen LogP) is 4.13. The monoisotopic (exact) mass is 302 g/mol. The third-order valence-electron chi connectivity index (χ3n) is 3.43. The van der Waals surface area contributed by atoms with E-state index in [4.69, 9.17) is 0 Å². The van der Waals surface area contributed by atoms with Crippen LogP contribution < -0.4 is 5.32 Å². The molecular formula is C18H26N2S. The Morgan fingerprint density at radius 2 is 1.81 bits per heavy atom. The van der Waals surface area contributed by atoms with E-state index in [9.17, 15) is 0 Å². The third-order valence-corrected chi connectivity index (χ3v) is 4.29. The van der Waals surface area contributed by atoms with Gasteiger partial charge in [0.2, 0.25) is 0 Å². The van der Waals surface area contributed by atoms with Gasteiger partial charge in [-0.05, 0) is 42.1 Å². The molecular weight excluding hydrogens is 276 g/mol. The van der Waals surface area contributed by atoms with E-state index in [-0.39, 0.29) is 0 Å². The molecule has 114 valence electrons. The highest BCUT2D eigenvalue weighted by molar-refractivity contribution is 7.09. The lowest BCUT2D eigenvalue weighted by Gasteiger charge is -2.18. The summed E-state index contributed by atoms with van der Waals surface area (Å²) in [5.74, 6) is 0.693. The SMILES string of the molecule is CC(C)CNCc1ccccc1CN(C)Cc1cccs1. The van der Waals surface area contributed by atoms with E-state index in [1.165, 1.54) is 16.0 Å². The van der Waals surface area contributed by atoms with Gasteiger partial charge in [0.05, 0.1) is 0 Å². The zero-order valence-electron chi connectivity index (χ0n) is 13.3. The first-order valence-corrected chi connectivity index (χ1v) is 8.51. The maximum Gasteiger partial charge on any atom is 0.0328 e. The number of benzene rings is 1. The minimum absolute atomic E-state index is 0.693. The molecule has 1 heterocycles. The summed E-state index contributed by atoms with van der Waals surface area (Å²) in [6.45, 7) is 8.53. The first-order chi connectivity index (χ1) is 10.1. The number of hydrogen-bond donors (Lipinski definition) is 1. The Morgan fingerprint density at radius 1 is 1.05 bits per heavy atom. The van der Waals surface area contributed by atoms with Crippen LogP contribution in [-0.4, -0.2) is 18.5 Å². The number of nitrogens with one attached hydrogen (secondary N) is 1. The molecule has 0 aliphatic heterocycles. The second kappa shape index (κ2) is 8.32. The lowest BCUT2D eigenvalue weighted by atomic mass is 10.1. The molecule has 3 heteroatoms. The van der Waals surface area contributed by atoms with E-state index in [2.05, 4.69) is 72.9 Å². The van der Waals surface area contributed by atoms with Crippen molar-refractivity contribution in [2.24, 2.45) is 5.92 Å².